The molecule has 0 saturated carbocycles. The lowest BCUT2D eigenvalue weighted by atomic mass is 10.2. The molecular weight excluding hydrogens is 347 g/mol. The first-order chi connectivity index (χ1) is 8.40. The van der Waals surface area contributed by atoms with Crippen molar-refractivity contribution in [3.8, 4) is 0 Å². The van der Waals surface area contributed by atoms with E-state index < -0.39 is 5.97 Å². The number of hydrogen-bond acceptors (Lipinski definition) is 3. The maximum atomic E-state index is 11.7. The van der Waals surface area contributed by atoms with Gasteiger partial charge in [-0.25, -0.2) is 4.79 Å². The Morgan fingerprint density at radius 1 is 1.39 bits per heavy atom. The van der Waals surface area contributed by atoms with Gasteiger partial charge in [-0.3, -0.25) is 4.79 Å². The summed E-state index contributed by atoms with van der Waals surface area (Å²) in [5.74, 6) is -1.13. The van der Waals surface area contributed by atoms with Crippen LogP contribution in [0.2, 0.25) is 0 Å². The van der Waals surface area contributed by atoms with Crippen LogP contribution in [-0.2, 0) is 4.79 Å². The van der Waals surface area contributed by atoms with E-state index in [-0.39, 0.29) is 11.5 Å². The molecule has 1 amide bonds. The van der Waals surface area contributed by atoms with Crippen molar-refractivity contribution in [3.63, 3.8) is 0 Å². The minimum Gasteiger partial charge on any atom is -0.478 e. The highest BCUT2D eigenvalue weighted by Crippen LogP contribution is 2.20. The largest absolute Gasteiger partial charge is 0.478 e. The van der Waals surface area contributed by atoms with E-state index >= 15 is 0 Å². The van der Waals surface area contributed by atoms with E-state index in [4.69, 9.17) is 5.11 Å². The van der Waals surface area contributed by atoms with E-state index in [0.29, 0.717) is 18.7 Å². The van der Waals surface area contributed by atoms with Crippen LogP contribution in [0.4, 0.5) is 5.69 Å². The van der Waals surface area contributed by atoms with Crippen molar-refractivity contribution in [1.82, 2.24) is 4.90 Å². The lowest BCUT2D eigenvalue weighted by Crippen LogP contribution is -2.21. The van der Waals surface area contributed by atoms with Gasteiger partial charge in [0.05, 0.1) is 11.3 Å². The summed E-state index contributed by atoms with van der Waals surface area (Å²) in [5, 5.41) is 11.6. The van der Waals surface area contributed by atoms with Gasteiger partial charge in [-0.1, -0.05) is 0 Å². The molecule has 1 aromatic carbocycles. The summed E-state index contributed by atoms with van der Waals surface area (Å²) in [6.45, 7) is 0.654. The highest BCUT2D eigenvalue weighted by atomic mass is 127. The average molecular weight is 362 g/mol. The molecule has 5 nitrogen and oxygen atoms in total. The van der Waals surface area contributed by atoms with Crippen LogP contribution in [0.3, 0.4) is 0 Å². The molecule has 6 heteroatoms. The first-order valence-corrected chi connectivity index (χ1v) is 6.45. The minimum absolute atomic E-state index is 0.121. The van der Waals surface area contributed by atoms with E-state index in [1.807, 2.05) is 19.0 Å². The third-order valence-corrected chi connectivity index (χ3v) is 3.21. The van der Waals surface area contributed by atoms with E-state index in [0.717, 1.165) is 3.57 Å². The second-order valence-electron chi connectivity index (χ2n) is 4.10. The van der Waals surface area contributed by atoms with Crippen molar-refractivity contribution in [3.05, 3.63) is 27.3 Å². The molecule has 0 fully saturated rings. The highest BCUT2D eigenvalue weighted by molar-refractivity contribution is 14.1. The third-order valence-electron chi connectivity index (χ3n) is 2.27. The summed E-state index contributed by atoms with van der Waals surface area (Å²) >= 11 is 2.06. The van der Waals surface area contributed by atoms with Crippen molar-refractivity contribution in [2.75, 3.05) is 26.0 Å². The number of amides is 1. The lowest BCUT2D eigenvalue weighted by Gasteiger charge is -2.11. The monoisotopic (exact) mass is 362 g/mol. The van der Waals surface area contributed by atoms with Gasteiger partial charge in [0.25, 0.3) is 0 Å². The van der Waals surface area contributed by atoms with Crippen LogP contribution in [0.5, 0.6) is 0 Å². The Bertz CT molecular complexity index is 461. The molecule has 0 unspecified atom stereocenters. The predicted molar refractivity (Wildman–Crippen MR) is 77.9 cm³/mol. The van der Waals surface area contributed by atoms with Gasteiger partial charge in [-0.2, -0.15) is 0 Å². The van der Waals surface area contributed by atoms with Crippen molar-refractivity contribution in [1.29, 1.82) is 0 Å². The zero-order chi connectivity index (χ0) is 13.7. The number of halogens is 1. The SMILES string of the molecule is CN(C)CCC(=O)Nc1cc(C(=O)O)ccc1I. The molecule has 0 radical (unpaired) electrons. The summed E-state index contributed by atoms with van der Waals surface area (Å²) in [6.07, 6.45) is 0.375. The number of carboxylic acid groups (broad SMARTS) is 1. The van der Waals surface area contributed by atoms with Crippen LogP contribution in [0.15, 0.2) is 18.2 Å². The van der Waals surface area contributed by atoms with Crippen molar-refractivity contribution in [2.24, 2.45) is 0 Å². The van der Waals surface area contributed by atoms with Crippen LogP contribution >= 0.6 is 22.6 Å². The van der Waals surface area contributed by atoms with Crippen LogP contribution < -0.4 is 5.32 Å². The highest BCUT2D eigenvalue weighted by Gasteiger charge is 2.09. The van der Waals surface area contributed by atoms with Gasteiger partial charge in [-0.15, -0.1) is 0 Å². The van der Waals surface area contributed by atoms with Crippen molar-refractivity contribution < 1.29 is 14.7 Å². The molecule has 0 bridgehead atoms. The maximum absolute atomic E-state index is 11.7. The number of rotatable bonds is 5. The zero-order valence-electron chi connectivity index (χ0n) is 10.2. The quantitative estimate of drug-likeness (QED) is 0.785. The summed E-state index contributed by atoms with van der Waals surface area (Å²) in [5.41, 5.74) is 0.706. The van der Waals surface area contributed by atoms with Gasteiger partial charge in [0.15, 0.2) is 0 Å². The van der Waals surface area contributed by atoms with Crippen LogP contribution in [0, 0.1) is 3.57 Å². The molecule has 1 aromatic rings. The molecule has 0 aliphatic carbocycles. The van der Waals surface area contributed by atoms with Gasteiger partial charge >= 0.3 is 5.97 Å². The summed E-state index contributed by atoms with van der Waals surface area (Å²) < 4.78 is 0.816. The fourth-order valence-corrected chi connectivity index (χ4v) is 1.76. The van der Waals surface area contributed by atoms with E-state index in [9.17, 15) is 9.59 Å². The van der Waals surface area contributed by atoms with E-state index in [2.05, 4.69) is 27.9 Å². The molecule has 0 spiro atoms. The standard InChI is InChI=1S/C12H15IN2O3/c1-15(2)6-5-11(16)14-10-7-8(12(17)18)3-4-9(10)13/h3-4,7H,5-6H2,1-2H3,(H,14,16)(H,17,18). The first kappa shape index (κ1) is 14.9. The number of nitrogens with one attached hydrogen (secondary N) is 1. The average Bonchev–Trinajstić information content (AvgIpc) is 2.29. The Morgan fingerprint density at radius 3 is 2.61 bits per heavy atom. The van der Waals surface area contributed by atoms with E-state index in [1.165, 1.54) is 12.1 Å². The molecular formula is C12H15IN2O3. The second kappa shape index (κ2) is 6.69. The Hall–Kier alpha value is -1.15. The summed E-state index contributed by atoms with van der Waals surface area (Å²) in [4.78, 5) is 24.4. The van der Waals surface area contributed by atoms with Crippen LogP contribution in [-0.4, -0.2) is 42.5 Å². The second-order valence-corrected chi connectivity index (χ2v) is 5.26. The van der Waals surface area contributed by atoms with Gasteiger partial charge in [0.2, 0.25) is 5.91 Å². The van der Waals surface area contributed by atoms with Crippen molar-refractivity contribution >= 4 is 40.2 Å². The lowest BCUT2D eigenvalue weighted by molar-refractivity contribution is -0.116. The fourth-order valence-electron chi connectivity index (χ4n) is 1.29. The minimum atomic E-state index is -1.00. The topological polar surface area (TPSA) is 69.6 Å². The predicted octanol–water partition coefficient (Wildman–Crippen LogP) is 1.88. The fraction of sp³-hybridized carbons (Fsp3) is 0.333. The maximum Gasteiger partial charge on any atom is 0.335 e. The number of aromatic carboxylic acids is 1. The summed E-state index contributed by atoms with van der Waals surface area (Å²) in [7, 11) is 3.78. The third kappa shape index (κ3) is 4.61. The Balaban J connectivity index is 2.74. The number of hydrogen-bond donors (Lipinski definition) is 2. The smallest absolute Gasteiger partial charge is 0.335 e. The number of nitrogens with zero attached hydrogens (tertiary/aromatic N) is 1. The molecule has 0 heterocycles. The molecule has 0 atom stereocenters. The van der Waals surface area contributed by atoms with Crippen LogP contribution in [0.1, 0.15) is 16.8 Å². The molecule has 0 aliphatic heterocycles. The molecule has 18 heavy (non-hydrogen) atoms. The number of anilines is 1. The molecule has 0 aliphatic rings. The molecule has 2 N–H and O–H groups in total. The van der Waals surface area contributed by atoms with Gasteiger partial charge in [0.1, 0.15) is 0 Å². The first-order valence-electron chi connectivity index (χ1n) is 5.37. The molecule has 0 saturated heterocycles. The zero-order valence-corrected chi connectivity index (χ0v) is 12.4. The summed E-state index contributed by atoms with van der Waals surface area (Å²) in [6, 6.07) is 4.66. The number of carbonyl (C=O) groups excluding carboxylic acids is 1. The van der Waals surface area contributed by atoms with Crippen molar-refractivity contribution in [2.45, 2.75) is 6.42 Å². The Labute approximate surface area is 119 Å². The van der Waals surface area contributed by atoms with Gasteiger partial charge in [0, 0.05) is 16.5 Å². The molecule has 98 valence electrons. The Morgan fingerprint density at radius 2 is 2.06 bits per heavy atom. The van der Waals surface area contributed by atoms with Gasteiger partial charge in [-0.05, 0) is 54.9 Å². The normalized spacial score (nSPS) is 10.4. The van der Waals surface area contributed by atoms with Gasteiger partial charge < -0.3 is 15.3 Å². The van der Waals surface area contributed by atoms with Crippen LogP contribution in [0.25, 0.3) is 0 Å². The van der Waals surface area contributed by atoms with E-state index in [1.54, 1.807) is 6.07 Å². The number of carbonyl (C=O) groups is 2. The molecule has 0 aromatic heterocycles. The Kier molecular flexibility index (Phi) is 5.54. The number of benzene rings is 1. The molecule has 1 rings (SSSR count). The number of carboxylic acids is 1.